The molecular formula is C19H27NO4. The predicted molar refractivity (Wildman–Crippen MR) is 92.8 cm³/mol. The summed E-state index contributed by atoms with van der Waals surface area (Å²) in [6.45, 7) is 7.08. The molecule has 3 atom stereocenters. The van der Waals surface area contributed by atoms with E-state index in [1.165, 1.54) is 6.08 Å². The van der Waals surface area contributed by atoms with Crippen LogP contribution >= 0.6 is 0 Å². The lowest BCUT2D eigenvalue weighted by atomic mass is 9.93. The summed E-state index contributed by atoms with van der Waals surface area (Å²) in [6.07, 6.45) is 6.84. The highest BCUT2D eigenvalue weighted by molar-refractivity contribution is 6.03. The van der Waals surface area contributed by atoms with Crippen molar-refractivity contribution in [3.05, 3.63) is 47.8 Å². The Bertz CT molecular complexity index is 624. The molecule has 0 unspecified atom stereocenters. The third kappa shape index (κ3) is 4.44. The zero-order valence-electron chi connectivity index (χ0n) is 14.7. The van der Waals surface area contributed by atoms with E-state index in [0.29, 0.717) is 18.5 Å². The molecule has 24 heavy (non-hydrogen) atoms. The molecule has 1 aliphatic heterocycles. The molecule has 2 rings (SSSR count). The number of hydrogen-bond acceptors (Lipinski definition) is 4. The topological polar surface area (TPSA) is 82.5 Å². The Morgan fingerprint density at radius 2 is 2.25 bits per heavy atom. The van der Waals surface area contributed by atoms with Gasteiger partial charge in [-0.3, -0.25) is 4.79 Å². The number of aliphatic hydroxyl groups is 2. The lowest BCUT2D eigenvalue weighted by Gasteiger charge is -2.32. The van der Waals surface area contributed by atoms with Crippen LogP contribution in [0.15, 0.2) is 42.1 Å². The van der Waals surface area contributed by atoms with Crippen LogP contribution in [0.25, 0.3) is 0 Å². The van der Waals surface area contributed by atoms with Gasteiger partial charge < -0.3 is 19.9 Å². The number of aromatic nitrogens is 1. The number of rotatable bonds is 6. The Balaban J connectivity index is 1.99. The third-order valence-electron chi connectivity index (χ3n) is 4.49. The second-order valence-corrected chi connectivity index (χ2v) is 7.25. The quantitative estimate of drug-likeness (QED) is 0.425. The highest BCUT2D eigenvalue weighted by atomic mass is 16.5. The molecule has 0 spiro atoms. The van der Waals surface area contributed by atoms with Crippen LogP contribution < -0.4 is 0 Å². The van der Waals surface area contributed by atoms with E-state index in [1.54, 1.807) is 44.3 Å². The molecule has 1 aromatic heterocycles. The van der Waals surface area contributed by atoms with Crippen molar-refractivity contribution in [1.82, 2.24) is 4.98 Å². The molecule has 1 fully saturated rings. The van der Waals surface area contributed by atoms with Gasteiger partial charge in [-0.15, -0.1) is 0 Å². The van der Waals surface area contributed by atoms with Gasteiger partial charge in [-0.1, -0.05) is 12.2 Å². The number of carbonyl (C=O) groups excluding carboxylic acids is 1. The summed E-state index contributed by atoms with van der Waals surface area (Å²) in [6, 6.07) is 3.49. The van der Waals surface area contributed by atoms with Gasteiger partial charge in [0.1, 0.15) is 6.10 Å². The summed E-state index contributed by atoms with van der Waals surface area (Å²) in [5.74, 6) is -0.109. The lowest BCUT2D eigenvalue weighted by molar-refractivity contribution is -0.143. The number of nitrogens with one attached hydrogen (secondary N) is 1. The molecule has 1 saturated heterocycles. The largest absolute Gasteiger partial charge is 0.388 e. The number of carbonyl (C=O) groups is 1. The zero-order chi connectivity index (χ0) is 18.0. The van der Waals surface area contributed by atoms with E-state index in [4.69, 9.17) is 4.74 Å². The van der Waals surface area contributed by atoms with E-state index in [-0.39, 0.29) is 11.9 Å². The van der Waals surface area contributed by atoms with Gasteiger partial charge in [0.15, 0.2) is 0 Å². The fourth-order valence-corrected chi connectivity index (χ4v) is 2.84. The fraction of sp³-hybridized carbons (Fsp3) is 0.526. The van der Waals surface area contributed by atoms with Crippen LogP contribution in [0.3, 0.4) is 0 Å². The van der Waals surface area contributed by atoms with Gasteiger partial charge in [0.05, 0.1) is 23.0 Å². The van der Waals surface area contributed by atoms with Crippen molar-refractivity contribution < 1.29 is 19.7 Å². The van der Waals surface area contributed by atoms with Crippen molar-refractivity contribution in [3.63, 3.8) is 0 Å². The Morgan fingerprint density at radius 1 is 1.54 bits per heavy atom. The highest BCUT2D eigenvalue weighted by Gasteiger charge is 2.45. The monoisotopic (exact) mass is 333 g/mol. The van der Waals surface area contributed by atoms with Gasteiger partial charge in [0.25, 0.3) is 0 Å². The molecule has 0 saturated carbocycles. The number of hydrogen-bond donors (Lipinski definition) is 3. The van der Waals surface area contributed by atoms with Crippen molar-refractivity contribution in [1.29, 1.82) is 0 Å². The minimum atomic E-state index is -0.931. The molecule has 1 aromatic rings. The van der Waals surface area contributed by atoms with Crippen LogP contribution in [0, 0.1) is 0 Å². The van der Waals surface area contributed by atoms with Crippen LogP contribution in [0.1, 0.15) is 51.0 Å². The molecule has 5 heteroatoms. The summed E-state index contributed by atoms with van der Waals surface area (Å²) < 4.78 is 5.90. The molecule has 0 aromatic carbocycles. The number of allylic oxidation sites excluding steroid dienone is 3. The average molecular weight is 333 g/mol. The molecule has 5 nitrogen and oxygen atoms in total. The van der Waals surface area contributed by atoms with Crippen molar-refractivity contribution >= 4 is 5.78 Å². The maximum Gasteiger partial charge on any atom is 0.202 e. The first-order chi connectivity index (χ1) is 11.1. The van der Waals surface area contributed by atoms with Crippen LogP contribution in [0.4, 0.5) is 0 Å². The zero-order valence-corrected chi connectivity index (χ0v) is 14.7. The Labute approximate surface area is 143 Å². The third-order valence-corrected chi connectivity index (χ3v) is 4.49. The van der Waals surface area contributed by atoms with Crippen molar-refractivity contribution in [2.45, 2.75) is 63.9 Å². The molecule has 1 aliphatic rings. The average Bonchev–Trinajstić information content (AvgIpc) is 3.14. The summed E-state index contributed by atoms with van der Waals surface area (Å²) >= 11 is 0. The van der Waals surface area contributed by atoms with E-state index >= 15 is 0 Å². The molecule has 0 amide bonds. The van der Waals surface area contributed by atoms with Gasteiger partial charge in [-0.25, -0.2) is 0 Å². The second-order valence-electron chi connectivity index (χ2n) is 7.25. The van der Waals surface area contributed by atoms with Gasteiger partial charge in [0.2, 0.25) is 5.78 Å². The normalized spacial score (nSPS) is 26.9. The Kier molecular flexibility index (Phi) is 5.48. The van der Waals surface area contributed by atoms with Crippen molar-refractivity contribution in [2.75, 3.05) is 0 Å². The number of H-pyrrole nitrogens is 1. The molecular weight excluding hydrogens is 306 g/mol. The molecule has 0 radical (unpaired) electrons. The van der Waals surface area contributed by atoms with Gasteiger partial charge >= 0.3 is 0 Å². The standard InChI is InChI=1S/C19H27NO4/c1-13(12-15(21)14-6-5-11-20-14)7-8-16(22)19(4)10-9-17(24-19)18(2,3)23/h5-8,11-12,16-17,20,22-23H,9-10H2,1-4H3/b8-7+,13-12+/t16-,17+,19+/m0/s1. The predicted octanol–water partition coefficient (Wildman–Crippen LogP) is 2.77. The molecule has 3 N–H and O–H groups in total. The first kappa shape index (κ1) is 18.6. The Morgan fingerprint density at radius 3 is 2.79 bits per heavy atom. The molecule has 0 aliphatic carbocycles. The van der Waals surface area contributed by atoms with Crippen LogP contribution in [0.5, 0.6) is 0 Å². The fourth-order valence-electron chi connectivity index (χ4n) is 2.84. The second kappa shape index (κ2) is 7.05. The molecule has 0 bridgehead atoms. The van der Waals surface area contributed by atoms with E-state index in [9.17, 15) is 15.0 Å². The summed E-state index contributed by atoms with van der Waals surface area (Å²) in [5.41, 5.74) is -0.388. The number of aliphatic hydroxyl groups excluding tert-OH is 1. The first-order valence-corrected chi connectivity index (χ1v) is 8.24. The van der Waals surface area contributed by atoms with Crippen LogP contribution in [0.2, 0.25) is 0 Å². The maximum absolute atomic E-state index is 12.0. The van der Waals surface area contributed by atoms with E-state index in [0.717, 1.165) is 5.57 Å². The number of aromatic amines is 1. The lowest BCUT2D eigenvalue weighted by Crippen LogP contribution is -2.42. The van der Waals surface area contributed by atoms with E-state index < -0.39 is 17.3 Å². The SMILES string of the molecule is CC(/C=C/[C@H](O)[C@@]1(C)CC[C@H](C(C)(C)O)O1)=C\C(=O)c1ccc[nH]1. The number of ether oxygens (including phenoxy) is 1. The molecule has 2 heterocycles. The van der Waals surface area contributed by atoms with Crippen molar-refractivity contribution in [3.8, 4) is 0 Å². The summed E-state index contributed by atoms with van der Waals surface area (Å²) in [5, 5.41) is 20.5. The van der Waals surface area contributed by atoms with Gasteiger partial charge in [-0.2, -0.15) is 0 Å². The smallest absolute Gasteiger partial charge is 0.202 e. The van der Waals surface area contributed by atoms with Gasteiger partial charge in [-0.05, 0) is 64.3 Å². The van der Waals surface area contributed by atoms with Gasteiger partial charge in [0, 0.05) is 6.20 Å². The van der Waals surface area contributed by atoms with Crippen LogP contribution in [-0.2, 0) is 4.74 Å². The first-order valence-electron chi connectivity index (χ1n) is 8.24. The van der Waals surface area contributed by atoms with Crippen molar-refractivity contribution in [2.24, 2.45) is 0 Å². The summed E-state index contributed by atoms with van der Waals surface area (Å²) in [7, 11) is 0. The van der Waals surface area contributed by atoms with E-state index in [1.807, 2.05) is 13.8 Å². The minimum Gasteiger partial charge on any atom is -0.388 e. The highest BCUT2D eigenvalue weighted by Crippen LogP contribution is 2.37. The summed E-state index contributed by atoms with van der Waals surface area (Å²) in [4.78, 5) is 14.8. The Hall–Kier alpha value is -1.69. The maximum atomic E-state index is 12.0. The van der Waals surface area contributed by atoms with Crippen LogP contribution in [-0.4, -0.2) is 44.4 Å². The van der Waals surface area contributed by atoms with E-state index in [2.05, 4.69) is 4.98 Å². The molecule has 132 valence electrons. The minimum absolute atomic E-state index is 0.109. The number of ketones is 1.